The van der Waals surface area contributed by atoms with Gasteiger partial charge in [0.2, 0.25) is 0 Å². The van der Waals surface area contributed by atoms with Crippen LogP contribution in [0.3, 0.4) is 0 Å². The number of benzene rings is 2. The van der Waals surface area contributed by atoms with Crippen LogP contribution in [0.15, 0.2) is 78.4 Å². The Morgan fingerprint density at radius 3 is 2.25 bits per heavy atom. The van der Waals surface area contributed by atoms with Crippen molar-refractivity contribution >= 4 is 11.5 Å². The molecule has 6 rings (SSSR count). The van der Waals surface area contributed by atoms with Crippen LogP contribution in [0.2, 0.25) is 0 Å². The first-order valence-electron chi connectivity index (χ1n) is 16.0. The summed E-state index contributed by atoms with van der Waals surface area (Å²) >= 11 is 0. The SMILES string of the molecule is CC(=O)O[C@@H]1CC[C@@]2(C)C(=CC[C@H]3[C@H]4CC[C@@H]([C@@H](C)CC=C(c5ccccc5)c5ccccc5)[C@@]4(C)CC[C@@H]32)C1. The molecule has 0 radical (unpaired) electrons. The zero-order valence-electron chi connectivity index (χ0n) is 25.1. The summed E-state index contributed by atoms with van der Waals surface area (Å²) in [6, 6.07) is 21.9. The molecule has 0 amide bonds. The molecule has 0 spiro atoms. The number of hydrogen-bond acceptors (Lipinski definition) is 2. The van der Waals surface area contributed by atoms with Crippen molar-refractivity contribution in [2.75, 3.05) is 0 Å². The van der Waals surface area contributed by atoms with Crippen LogP contribution in [0.1, 0.15) is 96.6 Å². The molecule has 0 heterocycles. The minimum atomic E-state index is -0.128. The Labute approximate surface area is 242 Å². The van der Waals surface area contributed by atoms with Crippen molar-refractivity contribution in [3.8, 4) is 0 Å². The molecule has 3 saturated carbocycles. The summed E-state index contributed by atoms with van der Waals surface area (Å²) in [4.78, 5) is 11.6. The van der Waals surface area contributed by atoms with Crippen LogP contribution in [-0.2, 0) is 9.53 Å². The van der Waals surface area contributed by atoms with Crippen molar-refractivity contribution in [1.29, 1.82) is 0 Å². The summed E-state index contributed by atoms with van der Waals surface area (Å²) < 4.78 is 5.66. The maximum atomic E-state index is 11.6. The Bertz CT molecular complexity index is 1220. The minimum Gasteiger partial charge on any atom is -0.462 e. The van der Waals surface area contributed by atoms with E-state index in [1.165, 1.54) is 55.2 Å². The van der Waals surface area contributed by atoms with Gasteiger partial charge in [0.1, 0.15) is 6.10 Å². The van der Waals surface area contributed by atoms with Gasteiger partial charge in [-0.15, -0.1) is 0 Å². The number of allylic oxidation sites excluding steroid dienone is 2. The van der Waals surface area contributed by atoms with Gasteiger partial charge in [-0.25, -0.2) is 0 Å². The number of fused-ring (bicyclic) bond motifs is 5. The molecule has 3 fully saturated rings. The standard InChI is InChI=1S/C38H48O2/c1-26(15-17-32(28-11-7-5-8-12-28)29-13-9-6-10-14-29)34-19-20-35-33-18-16-30-25-31(40-27(2)39)21-23-37(30,3)36(33)22-24-38(34,35)4/h5-14,16-17,26,31,33-36H,15,18-25H2,1-4H3/t26-,31+,33-,34-,35+,36-,37-,38+/m0/s1. The number of ether oxygens (including phenoxy) is 1. The molecule has 40 heavy (non-hydrogen) atoms. The first-order valence-corrected chi connectivity index (χ1v) is 16.0. The van der Waals surface area contributed by atoms with Crippen molar-refractivity contribution in [1.82, 2.24) is 0 Å². The lowest BCUT2D eigenvalue weighted by Gasteiger charge is -2.58. The van der Waals surface area contributed by atoms with E-state index in [4.69, 9.17) is 4.74 Å². The molecular formula is C38H48O2. The summed E-state index contributed by atoms with van der Waals surface area (Å²) in [5.41, 5.74) is 6.35. The second-order valence-electron chi connectivity index (χ2n) is 14.0. The normalized spacial score (nSPS) is 35.4. The van der Waals surface area contributed by atoms with Gasteiger partial charge in [0.05, 0.1) is 0 Å². The molecule has 0 unspecified atom stereocenters. The van der Waals surface area contributed by atoms with Crippen LogP contribution >= 0.6 is 0 Å². The van der Waals surface area contributed by atoms with Crippen molar-refractivity contribution in [2.24, 2.45) is 40.4 Å². The van der Waals surface area contributed by atoms with E-state index in [9.17, 15) is 4.79 Å². The zero-order chi connectivity index (χ0) is 27.9. The van der Waals surface area contributed by atoms with E-state index < -0.39 is 0 Å². The Kier molecular flexibility index (Phi) is 7.57. The lowest BCUT2D eigenvalue weighted by atomic mass is 9.47. The Hall–Kier alpha value is -2.61. The highest BCUT2D eigenvalue weighted by molar-refractivity contribution is 5.79. The van der Waals surface area contributed by atoms with Crippen molar-refractivity contribution in [3.05, 3.63) is 89.5 Å². The van der Waals surface area contributed by atoms with E-state index in [2.05, 4.69) is 93.6 Å². The van der Waals surface area contributed by atoms with Crippen LogP contribution in [0.4, 0.5) is 0 Å². The van der Waals surface area contributed by atoms with Gasteiger partial charge < -0.3 is 4.74 Å². The number of hydrogen-bond donors (Lipinski definition) is 0. The third kappa shape index (κ3) is 4.90. The topological polar surface area (TPSA) is 26.3 Å². The Morgan fingerprint density at radius 1 is 0.925 bits per heavy atom. The third-order valence-corrected chi connectivity index (χ3v) is 12.0. The van der Waals surface area contributed by atoms with Crippen LogP contribution in [-0.4, -0.2) is 12.1 Å². The highest BCUT2D eigenvalue weighted by Gasteiger charge is 2.59. The van der Waals surface area contributed by atoms with Crippen molar-refractivity contribution in [2.45, 2.75) is 91.6 Å². The molecular weight excluding hydrogens is 488 g/mol. The molecule has 0 bridgehead atoms. The van der Waals surface area contributed by atoms with E-state index in [0.717, 1.165) is 42.9 Å². The quantitative estimate of drug-likeness (QED) is 0.271. The monoisotopic (exact) mass is 536 g/mol. The second kappa shape index (κ2) is 11.0. The third-order valence-electron chi connectivity index (χ3n) is 12.0. The first-order chi connectivity index (χ1) is 19.3. The maximum Gasteiger partial charge on any atom is 0.302 e. The molecule has 212 valence electrons. The lowest BCUT2D eigenvalue weighted by Crippen LogP contribution is -2.51. The average Bonchev–Trinajstić information content (AvgIpc) is 3.31. The smallest absolute Gasteiger partial charge is 0.302 e. The minimum absolute atomic E-state index is 0.0867. The van der Waals surface area contributed by atoms with Crippen molar-refractivity contribution < 1.29 is 9.53 Å². The van der Waals surface area contributed by atoms with Gasteiger partial charge >= 0.3 is 5.97 Å². The average molecular weight is 537 g/mol. The fourth-order valence-electron chi connectivity index (χ4n) is 10.0. The van der Waals surface area contributed by atoms with E-state index in [-0.39, 0.29) is 12.1 Å². The molecule has 2 aromatic rings. The van der Waals surface area contributed by atoms with Gasteiger partial charge in [-0.3, -0.25) is 4.79 Å². The molecule has 2 aromatic carbocycles. The summed E-state index contributed by atoms with van der Waals surface area (Å²) in [5.74, 6) is 3.79. The van der Waals surface area contributed by atoms with Gasteiger partial charge in [-0.1, -0.05) is 99.2 Å². The second-order valence-corrected chi connectivity index (χ2v) is 14.0. The molecule has 4 aliphatic carbocycles. The largest absolute Gasteiger partial charge is 0.462 e. The molecule has 2 heteroatoms. The lowest BCUT2D eigenvalue weighted by molar-refractivity contribution is -0.148. The fourth-order valence-corrected chi connectivity index (χ4v) is 10.0. The highest BCUT2D eigenvalue weighted by atomic mass is 16.5. The number of esters is 1. The molecule has 0 N–H and O–H groups in total. The predicted molar refractivity (Wildman–Crippen MR) is 164 cm³/mol. The molecule has 2 nitrogen and oxygen atoms in total. The molecule has 4 aliphatic rings. The highest BCUT2D eigenvalue weighted by Crippen LogP contribution is 2.67. The Balaban J connectivity index is 1.20. The van der Waals surface area contributed by atoms with Gasteiger partial charge in [0, 0.05) is 13.3 Å². The molecule has 0 aromatic heterocycles. The summed E-state index contributed by atoms with van der Waals surface area (Å²) in [6.07, 6.45) is 16.3. The van der Waals surface area contributed by atoms with Crippen molar-refractivity contribution in [3.63, 3.8) is 0 Å². The molecule has 0 saturated heterocycles. The summed E-state index contributed by atoms with van der Waals surface area (Å²) in [5, 5.41) is 0. The van der Waals surface area contributed by atoms with E-state index in [1.54, 1.807) is 12.5 Å². The first kappa shape index (κ1) is 27.6. The maximum absolute atomic E-state index is 11.6. The van der Waals surface area contributed by atoms with Crippen LogP contribution in [0.5, 0.6) is 0 Å². The van der Waals surface area contributed by atoms with E-state index in [0.29, 0.717) is 16.7 Å². The van der Waals surface area contributed by atoms with Gasteiger partial charge in [0.15, 0.2) is 0 Å². The van der Waals surface area contributed by atoms with Crippen LogP contribution < -0.4 is 0 Å². The predicted octanol–water partition coefficient (Wildman–Crippen LogP) is 9.66. The van der Waals surface area contributed by atoms with Gasteiger partial charge in [0.25, 0.3) is 0 Å². The number of carbonyl (C=O) groups excluding carboxylic acids is 1. The molecule has 8 atom stereocenters. The zero-order valence-corrected chi connectivity index (χ0v) is 25.1. The summed E-state index contributed by atoms with van der Waals surface area (Å²) in [7, 11) is 0. The van der Waals surface area contributed by atoms with E-state index in [1.807, 2.05) is 0 Å². The fraction of sp³-hybridized carbons (Fsp3) is 0.553. The van der Waals surface area contributed by atoms with Crippen LogP contribution in [0.25, 0.3) is 5.57 Å². The molecule has 0 aliphatic heterocycles. The Morgan fingerprint density at radius 2 is 1.60 bits per heavy atom. The van der Waals surface area contributed by atoms with Gasteiger partial charge in [-0.2, -0.15) is 0 Å². The van der Waals surface area contributed by atoms with E-state index >= 15 is 0 Å². The number of rotatable bonds is 6. The number of carbonyl (C=O) groups is 1. The van der Waals surface area contributed by atoms with Crippen LogP contribution in [0, 0.1) is 40.4 Å². The van der Waals surface area contributed by atoms with Gasteiger partial charge in [-0.05, 0) is 108 Å². The summed E-state index contributed by atoms with van der Waals surface area (Å²) in [6.45, 7) is 9.31.